The van der Waals surface area contributed by atoms with Gasteiger partial charge < -0.3 is 5.11 Å². The normalized spacial score (nSPS) is 15.0. The number of carboxylic acids is 1. The Morgan fingerprint density at radius 3 is 1.74 bits per heavy atom. The van der Waals surface area contributed by atoms with E-state index in [1.165, 1.54) is 0 Å². The highest BCUT2D eigenvalue weighted by molar-refractivity contribution is 5.71. The first kappa shape index (κ1) is 25.8. The number of halogens is 9. The van der Waals surface area contributed by atoms with Crippen LogP contribution in [0.4, 0.5) is 39.5 Å². The molecular weight excluding hydrogens is 395 g/mol. The van der Waals surface area contributed by atoms with Crippen LogP contribution in [0.2, 0.25) is 0 Å². The number of aliphatic carboxylic acids is 1. The lowest BCUT2D eigenvalue weighted by atomic mass is 9.86. The van der Waals surface area contributed by atoms with Crippen molar-refractivity contribution in [3.05, 3.63) is 0 Å². The molecule has 0 aliphatic heterocycles. The first-order valence-electron chi connectivity index (χ1n) is 8.53. The van der Waals surface area contributed by atoms with E-state index in [4.69, 9.17) is 5.11 Å². The molecule has 0 aliphatic rings. The van der Waals surface area contributed by atoms with E-state index in [0.717, 1.165) is 19.3 Å². The maximum absolute atomic E-state index is 14.0. The van der Waals surface area contributed by atoms with Gasteiger partial charge in [0.1, 0.15) is 5.92 Å². The minimum absolute atomic E-state index is 0.208. The van der Waals surface area contributed by atoms with Gasteiger partial charge in [0.05, 0.1) is 0 Å². The van der Waals surface area contributed by atoms with Crippen LogP contribution in [-0.4, -0.2) is 35.0 Å². The number of alkyl halides is 9. The Hall–Kier alpha value is -1.16. The molecule has 0 spiro atoms. The maximum atomic E-state index is 14.0. The van der Waals surface area contributed by atoms with Crippen molar-refractivity contribution < 1.29 is 49.4 Å². The topological polar surface area (TPSA) is 37.3 Å². The van der Waals surface area contributed by atoms with Gasteiger partial charge in [0.2, 0.25) is 0 Å². The third kappa shape index (κ3) is 7.40. The molecule has 162 valence electrons. The highest BCUT2D eigenvalue weighted by atomic mass is 19.4. The second kappa shape index (κ2) is 9.86. The predicted octanol–water partition coefficient (Wildman–Crippen LogP) is 6.69. The number of hydrogen-bond donors (Lipinski definition) is 1. The van der Waals surface area contributed by atoms with E-state index in [2.05, 4.69) is 0 Å². The summed E-state index contributed by atoms with van der Waals surface area (Å²) < 4.78 is 118. The summed E-state index contributed by atoms with van der Waals surface area (Å²) in [4.78, 5) is 11.0. The standard InChI is InChI=1S/C16H23F9O2/c1-2-3-4-5-6-7-8-11(12(26)27)15(22,23)16(24,25)13(17,18)9-10-14(19,20)21/h11H,2-10H2,1H3,(H,26,27). The van der Waals surface area contributed by atoms with E-state index < -0.39 is 55.1 Å². The fourth-order valence-electron chi connectivity index (χ4n) is 2.51. The molecule has 27 heavy (non-hydrogen) atoms. The largest absolute Gasteiger partial charge is 0.481 e. The molecule has 1 N–H and O–H groups in total. The summed E-state index contributed by atoms with van der Waals surface area (Å²) in [6.07, 6.45) is -8.21. The molecular formula is C16H23F9O2. The van der Waals surface area contributed by atoms with Gasteiger partial charge in [0.15, 0.2) is 0 Å². The van der Waals surface area contributed by atoms with Crippen molar-refractivity contribution in [1.82, 2.24) is 0 Å². The minimum atomic E-state index is -6.24. The van der Waals surface area contributed by atoms with E-state index in [9.17, 15) is 44.3 Å². The summed E-state index contributed by atoms with van der Waals surface area (Å²) in [6, 6.07) is 0. The van der Waals surface area contributed by atoms with Crippen LogP contribution in [0.5, 0.6) is 0 Å². The van der Waals surface area contributed by atoms with Crippen LogP contribution >= 0.6 is 0 Å². The Morgan fingerprint density at radius 1 is 0.815 bits per heavy atom. The third-order valence-corrected chi connectivity index (χ3v) is 4.18. The Morgan fingerprint density at radius 2 is 1.30 bits per heavy atom. The minimum Gasteiger partial charge on any atom is -0.481 e. The molecule has 0 radical (unpaired) electrons. The molecule has 0 aromatic carbocycles. The van der Waals surface area contributed by atoms with Crippen molar-refractivity contribution in [3.8, 4) is 0 Å². The first-order chi connectivity index (χ1) is 12.1. The third-order valence-electron chi connectivity index (χ3n) is 4.18. The lowest BCUT2D eigenvalue weighted by molar-refractivity contribution is -0.328. The second-order valence-electron chi connectivity index (χ2n) is 6.46. The van der Waals surface area contributed by atoms with Gasteiger partial charge in [-0.2, -0.15) is 39.5 Å². The van der Waals surface area contributed by atoms with E-state index in [1.54, 1.807) is 0 Å². The van der Waals surface area contributed by atoms with Crippen LogP contribution < -0.4 is 0 Å². The molecule has 0 saturated carbocycles. The van der Waals surface area contributed by atoms with Crippen molar-refractivity contribution in [2.75, 3.05) is 0 Å². The average molecular weight is 418 g/mol. The van der Waals surface area contributed by atoms with Crippen LogP contribution in [0.1, 0.15) is 64.7 Å². The lowest BCUT2D eigenvalue weighted by Crippen LogP contribution is -2.59. The zero-order valence-corrected chi connectivity index (χ0v) is 14.7. The van der Waals surface area contributed by atoms with Crippen molar-refractivity contribution >= 4 is 5.97 Å². The molecule has 2 nitrogen and oxygen atoms in total. The Balaban J connectivity index is 5.19. The molecule has 0 fully saturated rings. The molecule has 0 rings (SSSR count). The zero-order valence-electron chi connectivity index (χ0n) is 14.7. The average Bonchev–Trinajstić information content (AvgIpc) is 2.50. The molecule has 0 amide bonds. The molecule has 1 unspecified atom stereocenters. The fourth-order valence-corrected chi connectivity index (χ4v) is 2.51. The van der Waals surface area contributed by atoms with Crippen molar-refractivity contribution in [1.29, 1.82) is 0 Å². The Labute approximate surface area is 151 Å². The summed E-state index contributed by atoms with van der Waals surface area (Å²) >= 11 is 0. The van der Waals surface area contributed by atoms with Gasteiger partial charge in [-0.3, -0.25) is 4.79 Å². The molecule has 0 aromatic rings. The number of carbonyl (C=O) groups is 1. The highest BCUT2D eigenvalue weighted by Gasteiger charge is 2.74. The van der Waals surface area contributed by atoms with Gasteiger partial charge in [0, 0.05) is 12.8 Å². The molecule has 0 aliphatic carbocycles. The van der Waals surface area contributed by atoms with Crippen LogP contribution in [0, 0.1) is 5.92 Å². The van der Waals surface area contributed by atoms with E-state index in [1.807, 2.05) is 6.92 Å². The van der Waals surface area contributed by atoms with E-state index in [-0.39, 0.29) is 12.8 Å². The number of unbranched alkanes of at least 4 members (excludes halogenated alkanes) is 5. The van der Waals surface area contributed by atoms with Gasteiger partial charge in [-0.25, -0.2) is 0 Å². The number of carboxylic acid groups (broad SMARTS) is 1. The van der Waals surface area contributed by atoms with Gasteiger partial charge in [-0.05, 0) is 6.42 Å². The van der Waals surface area contributed by atoms with Gasteiger partial charge >= 0.3 is 29.9 Å². The molecule has 1 atom stereocenters. The maximum Gasteiger partial charge on any atom is 0.389 e. The molecule has 0 bridgehead atoms. The first-order valence-corrected chi connectivity index (χ1v) is 8.53. The summed E-state index contributed by atoms with van der Waals surface area (Å²) in [5.41, 5.74) is 0. The van der Waals surface area contributed by atoms with Gasteiger partial charge in [-0.15, -0.1) is 0 Å². The molecule has 0 heterocycles. The lowest BCUT2D eigenvalue weighted by Gasteiger charge is -2.36. The Bertz CT molecular complexity index is 461. The van der Waals surface area contributed by atoms with Crippen molar-refractivity contribution in [2.45, 2.75) is 88.7 Å². The quantitative estimate of drug-likeness (QED) is 0.267. The Kier molecular flexibility index (Phi) is 9.44. The highest BCUT2D eigenvalue weighted by Crippen LogP contribution is 2.52. The molecule has 11 heteroatoms. The summed E-state index contributed by atoms with van der Waals surface area (Å²) in [5, 5.41) is 8.80. The van der Waals surface area contributed by atoms with Crippen LogP contribution in [-0.2, 0) is 4.79 Å². The van der Waals surface area contributed by atoms with Crippen LogP contribution in [0.3, 0.4) is 0 Å². The fraction of sp³-hybridized carbons (Fsp3) is 0.938. The van der Waals surface area contributed by atoms with E-state index in [0.29, 0.717) is 6.42 Å². The molecule has 0 saturated heterocycles. The summed E-state index contributed by atoms with van der Waals surface area (Å²) in [5.74, 6) is -23.2. The van der Waals surface area contributed by atoms with Gasteiger partial charge in [0.25, 0.3) is 0 Å². The van der Waals surface area contributed by atoms with Crippen LogP contribution in [0.25, 0.3) is 0 Å². The monoisotopic (exact) mass is 418 g/mol. The predicted molar refractivity (Wildman–Crippen MR) is 79.2 cm³/mol. The van der Waals surface area contributed by atoms with Crippen molar-refractivity contribution in [2.24, 2.45) is 5.92 Å². The van der Waals surface area contributed by atoms with Crippen LogP contribution in [0.15, 0.2) is 0 Å². The smallest absolute Gasteiger partial charge is 0.389 e. The number of hydrogen-bond acceptors (Lipinski definition) is 1. The zero-order chi connectivity index (χ0) is 21.5. The van der Waals surface area contributed by atoms with Crippen molar-refractivity contribution in [3.63, 3.8) is 0 Å². The molecule has 0 aromatic heterocycles. The summed E-state index contributed by atoms with van der Waals surface area (Å²) in [7, 11) is 0. The number of rotatable bonds is 13. The van der Waals surface area contributed by atoms with Gasteiger partial charge in [-0.1, -0.05) is 45.4 Å². The van der Waals surface area contributed by atoms with E-state index >= 15 is 0 Å². The summed E-state index contributed by atoms with van der Waals surface area (Å²) in [6.45, 7) is 1.90. The SMILES string of the molecule is CCCCCCCCC(C(=O)O)C(F)(F)C(F)(F)C(F)(F)CCC(F)(F)F. The second-order valence-corrected chi connectivity index (χ2v) is 6.46.